The summed E-state index contributed by atoms with van der Waals surface area (Å²) in [6.07, 6.45) is 0.892. The number of nitrogens with zero attached hydrogens (tertiary/aromatic N) is 2. The summed E-state index contributed by atoms with van der Waals surface area (Å²) in [5.74, 6) is 0. The van der Waals surface area contributed by atoms with Gasteiger partial charge < -0.3 is 5.73 Å². The Morgan fingerprint density at radius 3 is 2.92 bits per heavy atom. The minimum atomic E-state index is 0.670. The number of hydrogen-bond donors (Lipinski definition) is 2. The fourth-order valence-electron chi connectivity index (χ4n) is 1.21. The van der Waals surface area contributed by atoms with Crippen LogP contribution < -0.4 is 5.73 Å². The molecule has 62 valence electrons. The molecular formula is C8H10N4. The maximum atomic E-state index is 5.44. The molecule has 2 aromatic rings. The van der Waals surface area contributed by atoms with Crippen LogP contribution in [-0.4, -0.2) is 22.0 Å². The molecule has 0 unspecified atom stereocenters. The molecule has 1 aromatic heterocycles. The quantitative estimate of drug-likeness (QED) is 0.674. The Hall–Kier alpha value is -1.42. The molecule has 0 saturated heterocycles. The van der Waals surface area contributed by atoms with Crippen molar-refractivity contribution in [3.8, 4) is 0 Å². The number of H-pyrrole nitrogens is 1. The van der Waals surface area contributed by atoms with Crippen molar-refractivity contribution >= 4 is 11.0 Å². The van der Waals surface area contributed by atoms with Crippen molar-refractivity contribution in [2.45, 2.75) is 6.42 Å². The maximum Gasteiger partial charge on any atom is 0.113 e. The Labute approximate surface area is 69.8 Å². The fraction of sp³-hybridized carbons (Fsp3) is 0.250. The number of aromatic nitrogens is 3. The number of nitrogens with two attached hydrogens (primary N) is 1. The molecule has 0 fully saturated rings. The highest BCUT2D eigenvalue weighted by Crippen LogP contribution is 2.10. The summed E-state index contributed by atoms with van der Waals surface area (Å²) in [6, 6.07) is 5.98. The van der Waals surface area contributed by atoms with Crippen LogP contribution in [0.5, 0.6) is 0 Å². The van der Waals surface area contributed by atoms with Gasteiger partial charge in [0.2, 0.25) is 0 Å². The van der Waals surface area contributed by atoms with E-state index in [9.17, 15) is 0 Å². The lowest BCUT2D eigenvalue weighted by Gasteiger charge is -1.95. The summed E-state index contributed by atoms with van der Waals surface area (Å²) in [7, 11) is 0. The van der Waals surface area contributed by atoms with Crippen molar-refractivity contribution in [1.29, 1.82) is 0 Å². The van der Waals surface area contributed by atoms with Gasteiger partial charge in [-0.05, 0) is 30.7 Å². The van der Waals surface area contributed by atoms with Crippen molar-refractivity contribution in [2.75, 3.05) is 6.54 Å². The predicted octanol–water partition coefficient (Wildman–Crippen LogP) is 0.459. The lowest BCUT2D eigenvalue weighted by molar-refractivity contribution is 0.957. The third kappa shape index (κ3) is 1.16. The Morgan fingerprint density at radius 2 is 2.08 bits per heavy atom. The number of aromatic amines is 1. The molecule has 2 rings (SSSR count). The SMILES string of the molecule is NCCc1ccc2n[nH]nc2c1. The Morgan fingerprint density at radius 1 is 1.25 bits per heavy atom. The lowest BCUT2D eigenvalue weighted by Crippen LogP contribution is -2.02. The number of nitrogens with one attached hydrogen (secondary N) is 1. The minimum Gasteiger partial charge on any atom is -0.330 e. The molecule has 0 radical (unpaired) electrons. The van der Waals surface area contributed by atoms with Crippen molar-refractivity contribution in [2.24, 2.45) is 5.73 Å². The predicted molar refractivity (Wildman–Crippen MR) is 46.6 cm³/mol. The number of benzene rings is 1. The van der Waals surface area contributed by atoms with Gasteiger partial charge in [0, 0.05) is 0 Å². The van der Waals surface area contributed by atoms with Crippen LogP contribution >= 0.6 is 0 Å². The number of hydrogen-bond acceptors (Lipinski definition) is 3. The molecule has 12 heavy (non-hydrogen) atoms. The van der Waals surface area contributed by atoms with Gasteiger partial charge >= 0.3 is 0 Å². The summed E-state index contributed by atoms with van der Waals surface area (Å²) in [5, 5.41) is 10.5. The van der Waals surface area contributed by atoms with Crippen LogP contribution in [0.4, 0.5) is 0 Å². The van der Waals surface area contributed by atoms with Gasteiger partial charge in [0.05, 0.1) is 0 Å². The Balaban J connectivity index is 2.46. The highest BCUT2D eigenvalue weighted by atomic mass is 15.3. The second kappa shape index (κ2) is 2.91. The van der Waals surface area contributed by atoms with E-state index < -0.39 is 0 Å². The van der Waals surface area contributed by atoms with Crippen LogP contribution in [0.1, 0.15) is 5.56 Å². The van der Waals surface area contributed by atoms with Crippen molar-refractivity contribution < 1.29 is 0 Å². The van der Waals surface area contributed by atoms with Crippen molar-refractivity contribution in [3.63, 3.8) is 0 Å². The summed E-state index contributed by atoms with van der Waals surface area (Å²) >= 11 is 0. The van der Waals surface area contributed by atoms with E-state index >= 15 is 0 Å². The molecule has 3 N–H and O–H groups in total. The molecule has 4 heteroatoms. The molecule has 0 bridgehead atoms. The molecule has 0 amide bonds. The van der Waals surface area contributed by atoms with Crippen LogP contribution in [0.25, 0.3) is 11.0 Å². The van der Waals surface area contributed by atoms with Crippen LogP contribution in [-0.2, 0) is 6.42 Å². The van der Waals surface area contributed by atoms with Gasteiger partial charge in [0.15, 0.2) is 0 Å². The van der Waals surface area contributed by atoms with E-state index in [1.54, 1.807) is 0 Å². The zero-order valence-corrected chi connectivity index (χ0v) is 6.62. The molecule has 0 atom stereocenters. The summed E-state index contributed by atoms with van der Waals surface area (Å²) in [6.45, 7) is 0.670. The first kappa shape index (κ1) is 7.24. The minimum absolute atomic E-state index is 0.670. The van der Waals surface area contributed by atoms with Crippen LogP contribution in [0.2, 0.25) is 0 Å². The number of fused-ring (bicyclic) bond motifs is 1. The monoisotopic (exact) mass is 162 g/mol. The molecular weight excluding hydrogens is 152 g/mol. The standard InChI is InChI=1S/C8H10N4/c9-4-3-6-1-2-7-8(5-6)11-12-10-7/h1-2,5H,3-4,9H2,(H,10,11,12). The maximum absolute atomic E-state index is 5.44. The molecule has 0 saturated carbocycles. The topological polar surface area (TPSA) is 67.6 Å². The van der Waals surface area contributed by atoms with E-state index in [-0.39, 0.29) is 0 Å². The average molecular weight is 162 g/mol. The van der Waals surface area contributed by atoms with Gasteiger partial charge in [-0.1, -0.05) is 6.07 Å². The molecule has 0 aliphatic rings. The summed E-state index contributed by atoms with van der Waals surface area (Å²) in [5.41, 5.74) is 8.45. The van der Waals surface area contributed by atoms with E-state index in [0.29, 0.717) is 6.54 Å². The average Bonchev–Trinajstić information content (AvgIpc) is 2.51. The van der Waals surface area contributed by atoms with Gasteiger partial charge in [-0.25, -0.2) is 0 Å². The van der Waals surface area contributed by atoms with E-state index in [4.69, 9.17) is 5.73 Å². The Bertz CT molecular complexity index is 379. The van der Waals surface area contributed by atoms with Gasteiger partial charge in [-0.2, -0.15) is 15.4 Å². The fourth-order valence-corrected chi connectivity index (χ4v) is 1.21. The summed E-state index contributed by atoms with van der Waals surface area (Å²) < 4.78 is 0. The van der Waals surface area contributed by atoms with E-state index in [0.717, 1.165) is 17.5 Å². The van der Waals surface area contributed by atoms with Crippen molar-refractivity contribution in [1.82, 2.24) is 15.4 Å². The molecule has 0 aliphatic heterocycles. The van der Waals surface area contributed by atoms with E-state index in [2.05, 4.69) is 15.4 Å². The van der Waals surface area contributed by atoms with E-state index in [1.807, 2.05) is 18.2 Å². The molecule has 1 heterocycles. The first-order valence-corrected chi connectivity index (χ1v) is 3.89. The van der Waals surface area contributed by atoms with Crippen LogP contribution in [0.15, 0.2) is 18.2 Å². The first-order valence-electron chi connectivity index (χ1n) is 3.89. The highest BCUT2D eigenvalue weighted by Gasteiger charge is 1.98. The normalized spacial score (nSPS) is 10.8. The van der Waals surface area contributed by atoms with Crippen LogP contribution in [0.3, 0.4) is 0 Å². The highest BCUT2D eigenvalue weighted by molar-refractivity contribution is 5.74. The molecule has 0 aliphatic carbocycles. The first-order chi connectivity index (χ1) is 5.90. The van der Waals surface area contributed by atoms with Gasteiger partial charge in [-0.15, -0.1) is 0 Å². The van der Waals surface area contributed by atoms with Gasteiger partial charge in [-0.3, -0.25) is 0 Å². The van der Waals surface area contributed by atoms with Gasteiger partial charge in [0.1, 0.15) is 11.0 Å². The van der Waals surface area contributed by atoms with Crippen LogP contribution in [0, 0.1) is 0 Å². The summed E-state index contributed by atoms with van der Waals surface area (Å²) in [4.78, 5) is 0. The third-order valence-corrected chi connectivity index (χ3v) is 1.81. The molecule has 1 aromatic carbocycles. The van der Waals surface area contributed by atoms with Gasteiger partial charge in [0.25, 0.3) is 0 Å². The zero-order valence-electron chi connectivity index (χ0n) is 6.62. The zero-order chi connectivity index (χ0) is 8.39. The second-order valence-corrected chi connectivity index (χ2v) is 2.69. The second-order valence-electron chi connectivity index (χ2n) is 2.69. The molecule has 0 spiro atoms. The number of rotatable bonds is 2. The Kier molecular flexibility index (Phi) is 1.75. The lowest BCUT2D eigenvalue weighted by atomic mass is 10.1. The largest absolute Gasteiger partial charge is 0.330 e. The van der Waals surface area contributed by atoms with E-state index in [1.165, 1.54) is 5.56 Å². The van der Waals surface area contributed by atoms with Crippen molar-refractivity contribution in [3.05, 3.63) is 23.8 Å². The smallest absolute Gasteiger partial charge is 0.113 e. The third-order valence-electron chi connectivity index (χ3n) is 1.81. The molecule has 4 nitrogen and oxygen atoms in total.